The van der Waals surface area contributed by atoms with Gasteiger partial charge in [0.05, 0.1) is 17.6 Å². The molecule has 0 amide bonds. The van der Waals surface area contributed by atoms with Crippen molar-refractivity contribution in [2.75, 3.05) is 6.61 Å². The van der Waals surface area contributed by atoms with E-state index in [4.69, 9.17) is 9.84 Å². The fourth-order valence-corrected chi connectivity index (χ4v) is 2.05. The lowest BCUT2D eigenvalue weighted by Crippen LogP contribution is -2.09. The molecule has 0 aliphatic heterocycles. The molecule has 0 aliphatic rings. The highest BCUT2D eigenvalue weighted by atomic mass is 16.5. The first-order valence-electron chi connectivity index (χ1n) is 6.48. The minimum atomic E-state index is -0.970. The highest BCUT2D eigenvalue weighted by Crippen LogP contribution is 2.14. The molecule has 3 rings (SSSR count). The summed E-state index contributed by atoms with van der Waals surface area (Å²) >= 11 is 0. The van der Waals surface area contributed by atoms with E-state index in [0.717, 1.165) is 11.0 Å². The van der Waals surface area contributed by atoms with E-state index >= 15 is 0 Å². The van der Waals surface area contributed by atoms with Gasteiger partial charge in [0, 0.05) is 0 Å². The second-order valence-electron chi connectivity index (χ2n) is 4.48. The summed E-state index contributed by atoms with van der Waals surface area (Å²) in [4.78, 5) is 10.9. The number of fused-ring (bicyclic) bond motifs is 1. The molecular formula is C15H13N3O3. The Morgan fingerprint density at radius 3 is 2.90 bits per heavy atom. The zero-order valence-electron chi connectivity index (χ0n) is 11.1. The number of hydrogen-bond donors (Lipinski definition) is 1. The molecule has 0 saturated heterocycles. The maximum Gasteiger partial charge on any atom is 0.335 e. The maximum absolute atomic E-state index is 10.9. The average molecular weight is 283 g/mol. The largest absolute Gasteiger partial charge is 0.492 e. The van der Waals surface area contributed by atoms with Gasteiger partial charge in [-0.25, -0.2) is 9.48 Å². The van der Waals surface area contributed by atoms with Crippen LogP contribution in [-0.4, -0.2) is 32.7 Å². The predicted molar refractivity (Wildman–Crippen MR) is 76.4 cm³/mol. The van der Waals surface area contributed by atoms with Gasteiger partial charge < -0.3 is 9.84 Å². The van der Waals surface area contributed by atoms with E-state index < -0.39 is 5.97 Å². The Kier molecular flexibility index (Phi) is 3.51. The van der Waals surface area contributed by atoms with Gasteiger partial charge in [-0.1, -0.05) is 23.4 Å². The molecule has 0 aliphatic carbocycles. The lowest BCUT2D eigenvalue weighted by molar-refractivity contribution is 0.0696. The molecule has 0 radical (unpaired) electrons. The van der Waals surface area contributed by atoms with E-state index in [1.165, 1.54) is 12.1 Å². The van der Waals surface area contributed by atoms with Crippen molar-refractivity contribution in [3.8, 4) is 5.75 Å². The summed E-state index contributed by atoms with van der Waals surface area (Å²) in [5.41, 5.74) is 1.99. The van der Waals surface area contributed by atoms with Crippen LogP contribution in [0.1, 0.15) is 10.4 Å². The van der Waals surface area contributed by atoms with Gasteiger partial charge in [-0.05, 0) is 30.3 Å². The number of para-hydroxylation sites is 1. The zero-order valence-corrected chi connectivity index (χ0v) is 11.1. The number of carboxylic acids is 1. The van der Waals surface area contributed by atoms with Gasteiger partial charge in [0.1, 0.15) is 17.9 Å². The number of hydrogen-bond acceptors (Lipinski definition) is 4. The summed E-state index contributed by atoms with van der Waals surface area (Å²) in [6, 6.07) is 14.1. The van der Waals surface area contributed by atoms with Crippen LogP contribution in [0.4, 0.5) is 0 Å². The first-order valence-corrected chi connectivity index (χ1v) is 6.48. The molecule has 0 fully saturated rings. The average Bonchev–Trinajstić information content (AvgIpc) is 2.91. The normalized spacial score (nSPS) is 10.7. The smallest absolute Gasteiger partial charge is 0.335 e. The monoisotopic (exact) mass is 283 g/mol. The molecule has 1 aromatic heterocycles. The summed E-state index contributed by atoms with van der Waals surface area (Å²) in [5, 5.41) is 17.1. The van der Waals surface area contributed by atoms with Gasteiger partial charge in [-0.3, -0.25) is 0 Å². The van der Waals surface area contributed by atoms with Crippen LogP contribution < -0.4 is 4.74 Å². The third-order valence-corrected chi connectivity index (χ3v) is 3.07. The molecule has 6 nitrogen and oxygen atoms in total. The van der Waals surface area contributed by atoms with Crippen molar-refractivity contribution < 1.29 is 14.6 Å². The van der Waals surface area contributed by atoms with E-state index in [9.17, 15) is 4.79 Å². The molecule has 21 heavy (non-hydrogen) atoms. The van der Waals surface area contributed by atoms with Crippen molar-refractivity contribution >= 4 is 17.0 Å². The van der Waals surface area contributed by atoms with Gasteiger partial charge in [-0.2, -0.15) is 0 Å². The third kappa shape index (κ3) is 2.84. The number of aromatic nitrogens is 3. The number of aromatic carboxylic acids is 1. The van der Waals surface area contributed by atoms with Gasteiger partial charge in [0.25, 0.3) is 0 Å². The molecule has 6 heteroatoms. The Hall–Kier alpha value is -2.89. The summed E-state index contributed by atoms with van der Waals surface area (Å²) < 4.78 is 7.33. The fraction of sp³-hybridized carbons (Fsp3) is 0.133. The lowest BCUT2D eigenvalue weighted by Gasteiger charge is -2.07. The quantitative estimate of drug-likeness (QED) is 0.776. The topological polar surface area (TPSA) is 77.2 Å². The maximum atomic E-state index is 10.9. The Bertz CT molecular complexity index is 782. The SMILES string of the molecule is O=C(O)c1cccc(OCCn2nnc3ccccc32)c1. The van der Waals surface area contributed by atoms with Crippen molar-refractivity contribution in [1.82, 2.24) is 15.0 Å². The minimum absolute atomic E-state index is 0.207. The number of carboxylic acid groups (broad SMARTS) is 1. The number of nitrogens with zero attached hydrogens (tertiary/aromatic N) is 3. The van der Waals surface area contributed by atoms with E-state index in [-0.39, 0.29) is 5.56 Å². The molecule has 2 aromatic carbocycles. The van der Waals surface area contributed by atoms with E-state index in [1.807, 2.05) is 24.3 Å². The summed E-state index contributed by atoms with van der Waals surface area (Å²) in [6.45, 7) is 0.925. The molecule has 1 N–H and O–H groups in total. The predicted octanol–water partition coefficient (Wildman–Crippen LogP) is 2.21. The van der Waals surface area contributed by atoms with Gasteiger partial charge >= 0.3 is 5.97 Å². The van der Waals surface area contributed by atoms with Crippen LogP contribution in [0.2, 0.25) is 0 Å². The Labute approximate surface area is 120 Å². The van der Waals surface area contributed by atoms with Crippen LogP contribution in [0.15, 0.2) is 48.5 Å². The van der Waals surface area contributed by atoms with Crippen LogP contribution in [0.5, 0.6) is 5.75 Å². The van der Waals surface area contributed by atoms with Gasteiger partial charge in [0.2, 0.25) is 0 Å². The summed E-state index contributed by atoms with van der Waals surface area (Å²) in [6.07, 6.45) is 0. The molecule has 0 unspecified atom stereocenters. The number of ether oxygens (including phenoxy) is 1. The molecule has 0 bridgehead atoms. The molecule has 0 spiro atoms. The second-order valence-corrected chi connectivity index (χ2v) is 4.48. The van der Waals surface area contributed by atoms with E-state index in [1.54, 1.807) is 16.8 Å². The molecular weight excluding hydrogens is 270 g/mol. The first-order chi connectivity index (χ1) is 10.2. The van der Waals surface area contributed by atoms with Crippen LogP contribution in [0.25, 0.3) is 11.0 Å². The molecule has 0 saturated carbocycles. The van der Waals surface area contributed by atoms with E-state index in [0.29, 0.717) is 18.9 Å². The molecule has 106 valence electrons. The number of rotatable bonds is 5. The Morgan fingerprint density at radius 2 is 2.05 bits per heavy atom. The molecule has 3 aromatic rings. The van der Waals surface area contributed by atoms with Crippen LogP contribution in [0.3, 0.4) is 0 Å². The van der Waals surface area contributed by atoms with Crippen molar-refractivity contribution in [2.24, 2.45) is 0 Å². The summed E-state index contributed by atoms with van der Waals surface area (Å²) in [5.74, 6) is -0.443. The van der Waals surface area contributed by atoms with Crippen molar-refractivity contribution in [3.63, 3.8) is 0 Å². The third-order valence-electron chi connectivity index (χ3n) is 3.07. The second kappa shape index (κ2) is 5.62. The summed E-state index contributed by atoms with van der Waals surface area (Å²) in [7, 11) is 0. The van der Waals surface area contributed by atoms with Crippen LogP contribution in [-0.2, 0) is 6.54 Å². The molecule has 1 heterocycles. The first kappa shape index (κ1) is 13.1. The molecule has 0 atom stereocenters. The Morgan fingerprint density at radius 1 is 1.19 bits per heavy atom. The van der Waals surface area contributed by atoms with Gasteiger partial charge in [0.15, 0.2) is 0 Å². The lowest BCUT2D eigenvalue weighted by atomic mass is 10.2. The number of benzene rings is 2. The van der Waals surface area contributed by atoms with Crippen LogP contribution >= 0.6 is 0 Å². The standard InChI is InChI=1S/C15H13N3O3/c19-15(20)11-4-3-5-12(10-11)21-9-8-18-14-7-2-1-6-13(14)16-17-18/h1-7,10H,8-9H2,(H,19,20). The van der Waals surface area contributed by atoms with Crippen molar-refractivity contribution in [1.29, 1.82) is 0 Å². The van der Waals surface area contributed by atoms with Gasteiger partial charge in [-0.15, -0.1) is 5.10 Å². The Balaban J connectivity index is 1.66. The van der Waals surface area contributed by atoms with Crippen molar-refractivity contribution in [3.05, 3.63) is 54.1 Å². The zero-order chi connectivity index (χ0) is 14.7. The van der Waals surface area contributed by atoms with E-state index in [2.05, 4.69) is 10.3 Å². The number of carbonyl (C=O) groups is 1. The fourth-order valence-electron chi connectivity index (χ4n) is 2.05. The van der Waals surface area contributed by atoms with Crippen molar-refractivity contribution in [2.45, 2.75) is 6.54 Å². The highest BCUT2D eigenvalue weighted by Gasteiger charge is 2.05. The minimum Gasteiger partial charge on any atom is -0.492 e. The van der Waals surface area contributed by atoms with Crippen LogP contribution in [0, 0.1) is 0 Å². The highest BCUT2D eigenvalue weighted by molar-refractivity contribution is 5.88.